The van der Waals surface area contributed by atoms with Gasteiger partial charge in [-0.05, 0) is 18.6 Å². The van der Waals surface area contributed by atoms with E-state index in [0.717, 1.165) is 12.0 Å². The fourth-order valence-electron chi connectivity index (χ4n) is 2.13. The van der Waals surface area contributed by atoms with Crippen LogP contribution in [0.4, 0.5) is 0 Å². The summed E-state index contributed by atoms with van der Waals surface area (Å²) in [6.07, 6.45) is 4.85. The van der Waals surface area contributed by atoms with E-state index in [-0.39, 0.29) is 17.6 Å². The zero-order valence-corrected chi connectivity index (χ0v) is 12.4. The lowest BCUT2D eigenvalue weighted by atomic mass is 10.1. The minimum absolute atomic E-state index is 0.188. The molecule has 0 aromatic carbocycles. The molecule has 3 aromatic rings. The normalized spacial score (nSPS) is 12.0. The molecule has 3 heterocycles. The molecule has 0 saturated carbocycles. The van der Waals surface area contributed by atoms with Gasteiger partial charge in [0, 0.05) is 24.0 Å². The number of nitrogens with zero attached hydrogens (tertiary/aromatic N) is 5. The molecule has 9 nitrogen and oxygen atoms in total. The molecule has 0 radical (unpaired) electrons. The van der Waals surface area contributed by atoms with Crippen molar-refractivity contribution in [2.24, 2.45) is 0 Å². The topological polar surface area (TPSA) is 122 Å². The van der Waals surface area contributed by atoms with E-state index in [0.29, 0.717) is 18.0 Å². The van der Waals surface area contributed by atoms with Crippen molar-refractivity contribution in [3.63, 3.8) is 0 Å². The molecule has 2 N–H and O–H groups in total. The molecular formula is C14H15N7O2. The monoisotopic (exact) mass is 313 g/mol. The molecule has 0 spiro atoms. The Labute approximate surface area is 131 Å². The summed E-state index contributed by atoms with van der Waals surface area (Å²) in [4.78, 5) is 16.3. The van der Waals surface area contributed by atoms with Crippen LogP contribution in [0.1, 0.15) is 42.1 Å². The summed E-state index contributed by atoms with van der Waals surface area (Å²) in [5.41, 5.74) is 0.941. The first kappa shape index (κ1) is 14.8. The summed E-state index contributed by atoms with van der Waals surface area (Å²) in [6.45, 7) is 2.01. The van der Waals surface area contributed by atoms with Crippen LogP contribution in [0.25, 0.3) is 11.3 Å². The highest BCUT2D eigenvalue weighted by atomic mass is 16.5. The molecule has 0 aliphatic carbocycles. The van der Waals surface area contributed by atoms with E-state index < -0.39 is 0 Å². The Bertz CT molecular complexity index is 755. The number of amides is 1. The van der Waals surface area contributed by atoms with Gasteiger partial charge in [0.2, 0.25) is 0 Å². The van der Waals surface area contributed by atoms with Crippen molar-refractivity contribution in [2.75, 3.05) is 0 Å². The fourth-order valence-corrected chi connectivity index (χ4v) is 2.13. The molecule has 0 aliphatic rings. The van der Waals surface area contributed by atoms with Crippen LogP contribution < -0.4 is 5.32 Å². The number of hydrogen-bond acceptors (Lipinski definition) is 7. The molecule has 0 aliphatic heterocycles. The molecule has 23 heavy (non-hydrogen) atoms. The first-order valence-corrected chi connectivity index (χ1v) is 7.19. The predicted octanol–water partition coefficient (Wildman–Crippen LogP) is 1.52. The summed E-state index contributed by atoms with van der Waals surface area (Å²) in [6, 6.07) is 4.86. The van der Waals surface area contributed by atoms with Gasteiger partial charge in [-0.1, -0.05) is 23.7 Å². The van der Waals surface area contributed by atoms with Crippen molar-refractivity contribution >= 4 is 5.91 Å². The zero-order valence-electron chi connectivity index (χ0n) is 12.4. The largest absolute Gasteiger partial charge is 0.355 e. The van der Waals surface area contributed by atoms with E-state index in [4.69, 9.17) is 4.52 Å². The molecule has 0 fully saturated rings. The van der Waals surface area contributed by atoms with Crippen molar-refractivity contribution in [3.05, 3.63) is 42.1 Å². The number of tetrazole rings is 1. The first-order chi connectivity index (χ1) is 11.3. The maximum Gasteiger partial charge on any atom is 0.274 e. The van der Waals surface area contributed by atoms with Gasteiger partial charge in [0.1, 0.15) is 0 Å². The van der Waals surface area contributed by atoms with E-state index in [1.807, 2.05) is 13.0 Å². The van der Waals surface area contributed by atoms with E-state index in [9.17, 15) is 4.79 Å². The van der Waals surface area contributed by atoms with Crippen LogP contribution in [-0.4, -0.2) is 36.7 Å². The van der Waals surface area contributed by atoms with Gasteiger partial charge in [0.05, 0.1) is 6.04 Å². The highest BCUT2D eigenvalue weighted by Crippen LogP contribution is 2.20. The van der Waals surface area contributed by atoms with E-state index >= 15 is 0 Å². The molecule has 0 bridgehead atoms. The number of hydrogen-bond donors (Lipinski definition) is 2. The number of aromatic amines is 1. The molecule has 1 amide bonds. The Morgan fingerprint density at radius 2 is 2.39 bits per heavy atom. The maximum atomic E-state index is 12.3. The second kappa shape index (κ2) is 6.77. The van der Waals surface area contributed by atoms with E-state index in [1.54, 1.807) is 24.5 Å². The van der Waals surface area contributed by atoms with Crippen LogP contribution in [0, 0.1) is 0 Å². The van der Waals surface area contributed by atoms with E-state index in [2.05, 4.69) is 36.1 Å². The average Bonchev–Trinajstić information content (AvgIpc) is 3.27. The predicted molar refractivity (Wildman–Crippen MR) is 79.0 cm³/mol. The summed E-state index contributed by atoms with van der Waals surface area (Å²) in [7, 11) is 0. The van der Waals surface area contributed by atoms with Crippen molar-refractivity contribution < 1.29 is 9.32 Å². The molecule has 1 atom stereocenters. The van der Waals surface area contributed by atoms with Gasteiger partial charge in [-0.25, -0.2) is 0 Å². The standard InChI is InChI=1S/C14H15N7O2/c1-2-4-10(13-17-20-21-18-13)16-14(22)11-7-12(23-19-11)9-5-3-6-15-8-9/h3,5-8,10H,2,4H2,1H3,(H,16,22)(H,17,18,20,21)/t10-/m1/s1. The van der Waals surface area contributed by atoms with Crippen LogP contribution in [0.15, 0.2) is 35.1 Å². The molecule has 3 aromatic heterocycles. The molecule has 0 saturated heterocycles. The minimum atomic E-state index is -0.354. The highest BCUT2D eigenvalue weighted by Gasteiger charge is 2.21. The molecule has 3 rings (SSSR count). The number of nitrogens with one attached hydrogen (secondary N) is 2. The fraction of sp³-hybridized carbons (Fsp3) is 0.286. The van der Waals surface area contributed by atoms with Crippen LogP contribution in [0.5, 0.6) is 0 Å². The lowest BCUT2D eigenvalue weighted by Crippen LogP contribution is -2.29. The SMILES string of the molecule is CCC[C@@H](NC(=O)c1cc(-c2cccnc2)on1)c1nn[nH]n1. The van der Waals surface area contributed by atoms with E-state index in [1.165, 1.54) is 0 Å². The third kappa shape index (κ3) is 3.39. The number of carbonyl (C=O) groups is 1. The summed E-state index contributed by atoms with van der Waals surface area (Å²) >= 11 is 0. The molecule has 9 heteroatoms. The first-order valence-electron chi connectivity index (χ1n) is 7.19. The van der Waals surface area contributed by atoms with Gasteiger partial charge in [0.25, 0.3) is 5.91 Å². The zero-order chi connectivity index (χ0) is 16.1. The number of pyridine rings is 1. The van der Waals surface area contributed by atoms with Crippen LogP contribution in [0.2, 0.25) is 0 Å². The highest BCUT2D eigenvalue weighted by molar-refractivity contribution is 5.93. The van der Waals surface area contributed by atoms with Gasteiger partial charge in [-0.3, -0.25) is 9.78 Å². The quantitative estimate of drug-likeness (QED) is 0.707. The summed E-state index contributed by atoms with van der Waals surface area (Å²) in [5.74, 6) is 0.568. The second-order valence-electron chi connectivity index (χ2n) is 4.90. The Morgan fingerprint density at radius 3 is 3.09 bits per heavy atom. The van der Waals surface area contributed by atoms with Gasteiger partial charge < -0.3 is 9.84 Å². The Balaban J connectivity index is 1.74. The Kier molecular flexibility index (Phi) is 4.37. The Hall–Kier alpha value is -3.10. The number of aromatic nitrogens is 6. The summed E-state index contributed by atoms with van der Waals surface area (Å²) < 4.78 is 5.20. The van der Waals surface area contributed by atoms with Gasteiger partial charge in [0.15, 0.2) is 17.3 Å². The minimum Gasteiger partial charge on any atom is -0.355 e. The van der Waals surface area contributed by atoms with Gasteiger partial charge in [-0.15, -0.1) is 10.2 Å². The summed E-state index contributed by atoms with van der Waals surface area (Å²) in [5, 5.41) is 20.4. The Morgan fingerprint density at radius 1 is 1.48 bits per heavy atom. The van der Waals surface area contributed by atoms with Gasteiger partial charge >= 0.3 is 0 Å². The lowest BCUT2D eigenvalue weighted by molar-refractivity contribution is 0.0923. The number of H-pyrrole nitrogens is 1. The van der Waals surface area contributed by atoms with Crippen LogP contribution >= 0.6 is 0 Å². The van der Waals surface area contributed by atoms with Crippen molar-refractivity contribution in [1.29, 1.82) is 0 Å². The van der Waals surface area contributed by atoms with Gasteiger partial charge in [-0.2, -0.15) is 5.21 Å². The average molecular weight is 313 g/mol. The number of rotatable bonds is 6. The maximum absolute atomic E-state index is 12.3. The van der Waals surface area contributed by atoms with Crippen molar-refractivity contribution in [2.45, 2.75) is 25.8 Å². The number of carbonyl (C=O) groups excluding carboxylic acids is 1. The van der Waals surface area contributed by atoms with Crippen molar-refractivity contribution in [3.8, 4) is 11.3 Å². The molecule has 118 valence electrons. The van der Waals surface area contributed by atoms with Crippen LogP contribution in [0.3, 0.4) is 0 Å². The second-order valence-corrected chi connectivity index (χ2v) is 4.90. The van der Waals surface area contributed by atoms with Crippen molar-refractivity contribution in [1.82, 2.24) is 36.1 Å². The third-order valence-electron chi connectivity index (χ3n) is 3.24. The lowest BCUT2D eigenvalue weighted by Gasteiger charge is -2.12. The van der Waals surface area contributed by atoms with Crippen LogP contribution in [-0.2, 0) is 0 Å². The molecular weight excluding hydrogens is 298 g/mol. The third-order valence-corrected chi connectivity index (χ3v) is 3.24. The molecule has 0 unspecified atom stereocenters. The smallest absolute Gasteiger partial charge is 0.274 e.